The standard InChI is InChI=1S/C15H12N4O/c20-15(18-8-11-3-5-16-6-4-11)12-1-2-14-13(7-12)9-17-10-19-14/h1-7,9-10H,8H2,(H,18,20). The summed E-state index contributed by atoms with van der Waals surface area (Å²) in [5.74, 6) is -0.118. The van der Waals surface area contributed by atoms with Crippen LogP contribution in [0.4, 0.5) is 0 Å². The second-order valence-electron chi connectivity index (χ2n) is 4.33. The Kier molecular flexibility index (Phi) is 3.33. The molecule has 0 fully saturated rings. The number of hydrogen-bond donors (Lipinski definition) is 1. The molecule has 0 spiro atoms. The van der Waals surface area contributed by atoms with Crippen molar-refractivity contribution in [3.8, 4) is 0 Å². The van der Waals surface area contributed by atoms with Crippen molar-refractivity contribution in [2.75, 3.05) is 0 Å². The lowest BCUT2D eigenvalue weighted by Gasteiger charge is -2.06. The minimum absolute atomic E-state index is 0.118. The van der Waals surface area contributed by atoms with E-state index in [-0.39, 0.29) is 5.91 Å². The number of carbonyl (C=O) groups is 1. The molecule has 0 unspecified atom stereocenters. The third-order valence-electron chi connectivity index (χ3n) is 2.97. The van der Waals surface area contributed by atoms with Gasteiger partial charge in [-0.25, -0.2) is 9.97 Å². The van der Waals surface area contributed by atoms with Crippen molar-refractivity contribution in [2.45, 2.75) is 6.54 Å². The summed E-state index contributed by atoms with van der Waals surface area (Å²) >= 11 is 0. The van der Waals surface area contributed by atoms with Gasteiger partial charge in [0.2, 0.25) is 0 Å². The Morgan fingerprint density at radius 2 is 1.95 bits per heavy atom. The van der Waals surface area contributed by atoms with Crippen molar-refractivity contribution >= 4 is 16.8 Å². The Hall–Kier alpha value is -2.82. The minimum atomic E-state index is -0.118. The Morgan fingerprint density at radius 1 is 1.10 bits per heavy atom. The monoisotopic (exact) mass is 264 g/mol. The molecule has 3 rings (SSSR count). The first kappa shape index (κ1) is 12.2. The highest BCUT2D eigenvalue weighted by Gasteiger charge is 2.06. The molecular formula is C15H12N4O. The molecule has 2 aromatic heterocycles. The van der Waals surface area contributed by atoms with E-state index in [9.17, 15) is 4.79 Å². The van der Waals surface area contributed by atoms with Crippen molar-refractivity contribution in [1.82, 2.24) is 20.3 Å². The zero-order valence-corrected chi connectivity index (χ0v) is 10.7. The number of nitrogens with zero attached hydrogens (tertiary/aromatic N) is 3. The van der Waals surface area contributed by atoms with Crippen molar-refractivity contribution in [3.05, 3.63) is 66.4 Å². The van der Waals surface area contributed by atoms with Gasteiger partial charge in [-0.2, -0.15) is 0 Å². The van der Waals surface area contributed by atoms with E-state index in [1.165, 1.54) is 6.33 Å². The molecule has 98 valence electrons. The number of fused-ring (bicyclic) bond motifs is 1. The van der Waals surface area contributed by atoms with Gasteiger partial charge in [-0.1, -0.05) is 0 Å². The minimum Gasteiger partial charge on any atom is -0.348 e. The van der Waals surface area contributed by atoms with Gasteiger partial charge in [0.1, 0.15) is 6.33 Å². The molecule has 0 radical (unpaired) electrons. The molecular weight excluding hydrogens is 252 g/mol. The Morgan fingerprint density at radius 3 is 2.80 bits per heavy atom. The largest absolute Gasteiger partial charge is 0.348 e. The second kappa shape index (κ2) is 5.44. The summed E-state index contributed by atoms with van der Waals surface area (Å²) in [5, 5.41) is 3.72. The van der Waals surface area contributed by atoms with E-state index in [4.69, 9.17) is 0 Å². The van der Waals surface area contributed by atoms with Crippen molar-refractivity contribution in [2.24, 2.45) is 0 Å². The zero-order valence-electron chi connectivity index (χ0n) is 10.7. The quantitative estimate of drug-likeness (QED) is 0.785. The average molecular weight is 264 g/mol. The predicted molar refractivity (Wildman–Crippen MR) is 74.9 cm³/mol. The lowest BCUT2D eigenvalue weighted by molar-refractivity contribution is 0.0951. The first-order valence-electron chi connectivity index (χ1n) is 6.20. The number of amides is 1. The molecule has 1 aromatic carbocycles. The van der Waals surface area contributed by atoms with Crippen LogP contribution in [0.3, 0.4) is 0 Å². The number of nitrogens with one attached hydrogen (secondary N) is 1. The number of pyridine rings is 1. The lowest BCUT2D eigenvalue weighted by atomic mass is 10.1. The normalized spacial score (nSPS) is 10.4. The summed E-state index contributed by atoms with van der Waals surface area (Å²) in [6, 6.07) is 9.11. The first-order valence-corrected chi connectivity index (χ1v) is 6.20. The topological polar surface area (TPSA) is 67.8 Å². The highest BCUT2D eigenvalue weighted by atomic mass is 16.1. The van der Waals surface area contributed by atoms with Gasteiger partial charge in [0, 0.05) is 36.1 Å². The van der Waals surface area contributed by atoms with Crippen LogP contribution < -0.4 is 5.32 Å². The molecule has 1 N–H and O–H groups in total. The number of aromatic nitrogens is 3. The Labute approximate surface area is 115 Å². The maximum atomic E-state index is 12.1. The van der Waals surface area contributed by atoms with E-state index in [1.807, 2.05) is 18.2 Å². The van der Waals surface area contributed by atoms with Gasteiger partial charge in [0.05, 0.1) is 5.52 Å². The molecule has 20 heavy (non-hydrogen) atoms. The SMILES string of the molecule is O=C(NCc1ccncc1)c1ccc2ncncc2c1. The molecule has 0 aliphatic carbocycles. The number of rotatable bonds is 3. The maximum absolute atomic E-state index is 12.1. The highest BCUT2D eigenvalue weighted by Crippen LogP contribution is 2.12. The van der Waals surface area contributed by atoms with E-state index >= 15 is 0 Å². The number of carbonyl (C=O) groups excluding carboxylic acids is 1. The third kappa shape index (κ3) is 2.61. The van der Waals surface area contributed by atoms with Crippen LogP contribution in [0.5, 0.6) is 0 Å². The Bertz CT molecular complexity index is 743. The molecule has 0 saturated heterocycles. The molecule has 5 nitrogen and oxygen atoms in total. The third-order valence-corrected chi connectivity index (χ3v) is 2.97. The highest BCUT2D eigenvalue weighted by molar-refractivity contribution is 5.97. The summed E-state index contributed by atoms with van der Waals surface area (Å²) in [4.78, 5) is 24.1. The van der Waals surface area contributed by atoms with Crippen molar-refractivity contribution in [1.29, 1.82) is 0 Å². The van der Waals surface area contributed by atoms with Gasteiger partial charge in [0.15, 0.2) is 0 Å². The predicted octanol–water partition coefficient (Wildman–Crippen LogP) is 1.95. The average Bonchev–Trinajstić information content (AvgIpc) is 2.53. The molecule has 0 aliphatic rings. The molecule has 1 amide bonds. The number of hydrogen-bond acceptors (Lipinski definition) is 4. The van der Waals surface area contributed by atoms with Gasteiger partial charge < -0.3 is 5.32 Å². The van der Waals surface area contributed by atoms with Gasteiger partial charge in [-0.3, -0.25) is 9.78 Å². The van der Waals surface area contributed by atoms with Crippen LogP contribution >= 0.6 is 0 Å². The van der Waals surface area contributed by atoms with Crippen molar-refractivity contribution in [3.63, 3.8) is 0 Å². The van der Waals surface area contributed by atoms with Crippen molar-refractivity contribution < 1.29 is 4.79 Å². The summed E-state index contributed by atoms with van der Waals surface area (Å²) in [6.07, 6.45) is 6.59. The number of benzene rings is 1. The molecule has 0 atom stereocenters. The zero-order chi connectivity index (χ0) is 13.8. The fraction of sp³-hybridized carbons (Fsp3) is 0.0667. The van der Waals surface area contributed by atoms with Crippen LogP contribution in [0.25, 0.3) is 10.9 Å². The molecule has 3 aromatic rings. The van der Waals surface area contributed by atoms with Crippen LogP contribution in [0.2, 0.25) is 0 Å². The van der Waals surface area contributed by atoms with E-state index in [0.717, 1.165) is 16.5 Å². The van der Waals surface area contributed by atoms with E-state index in [1.54, 1.807) is 30.7 Å². The van der Waals surface area contributed by atoms with Gasteiger partial charge in [-0.15, -0.1) is 0 Å². The molecule has 0 saturated carbocycles. The summed E-state index contributed by atoms with van der Waals surface area (Å²) in [7, 11) is 0. The van der Waals surface area contributed by atoms with Crippen LogP contribution in [-0.2, 0) is 6.54 Å². The van der Waals surface area contributed by atoms with Crippen LogP contribution in [0, 0.1) is 0 Å². The summed E-state index contributed by atoms with van der Waals surface area (Å²) < 4.78 is 0. The summed E-state index contributed by atoms with van der Waals surface area (Å²) in [5.41, 5.74) is 2.43. The Balaban J connectivity index is 1.75. The second-order valence-corrected chi connectivity index (χ2v) is 4.33. The van der Waals surface area contributed by atoms with Crippen LogP contribution in [-0.4, -0.2) is 20.9 Å². The fourth-order valence-corrected chi connectivity index (χ4v) is 1.91. The van der Waals surface area contributed by atoms with E-state index in [2.05, 4.69) is 20.3 Å². The lowest BCUT2D eigenvalue weighted by Crippen LogP contribution is -2.22. The van der Waals surface area contributed by atoms with Gasteiger partial charge >= 0.3 is 0 Å². The van der Waals surface area contributed by atoms with Gasteiger partial charge in [-0.05, 0) is 35.9 Å². The van der Waals surface area contributed by atoms with Gasteiger partial charge in [0.25, 0.3) is 5.91 Å². The first-order chi connectivity index (χ1) is 9.83. The molecule has 0 aliphatic heterocycles. The smallest absolute Gasteiger partial charge is 0.251 e. The van der Waals surface area contributed by atoms with E-state index in [0.29, 0.717) is 12.1 Å². The van der Waals surface area contributed by atoms with Crippen LogP contribution in [0.1, 0.15) is 15.9 Å². The summed E-state index contributed by atoms with van der Waals surface area (Å²) in [6.45, 7) is 0.477. The fourth-order valence-electron chi connectivity index (χ4n) is 1.91. The van der Waals surface area contributed by atoms with Crippen LogP contribution in [0.15, 0.2) is 55.2 Å². The van der Waals surface area contributed by atoms with E-state index < -0.39 is 0 Å². The molecule has 0 bridgehead atoms. The maximum Gasteiger partial charge on any atom is 0.251 e. The molecule has 5 heteroatoms. The molecule has 2 heterocycles.